The quantitative estimate of drug-likeness (QED) is 0.706. The van der Waals surface area contributed by atoms with Crippen molar-refractivity contribution in [2.45, 2.75) is 11.3 Å². The van der Waals surface area contributed by atoms with Gasteiger partial charge in [0.05, 0.1) is 18.0 Å². The van der Waals surface area contributed by atoms with Crippen molar-refractivity contribution in [3.05, 3.63) is 53.6 Å². The van der Waals surface area contributed by atoms with Crippen LogP contribution in [-0.4, -0.2) is 49.2 Å². The van der Waals surface area contributed by atoms with Crippen molar-refractivity contribution in [2.75, 3.05) is 37.4 Å². The van der Waals surface area contributed by atoms with Crippen molar-refractivity contribution in [1.29, 1.82) is 0 Å². The highest BCUT2D eigenvalue weighted by Crippen LogP contribution is 2.34. The summed E-state index contributed by atoms with van der Waals surface area (Å²) >= 11 is 7.38. The number of rotatable bonds is 7. The van der Waals surface area contributed by atoms with Gasteiger partial charge in [-0.2, -0.15) is 0 Å². The van der Waals surface area contributed by atoms with Gasteiger partial charge in [0.2, 0.25) is 11.8 Å². The fourth-order valence-corrected chi connectivity index (χ4v) is 3.82. The summed E-state index contributed by atoms with van der Waals surface area (Å²) in [6, 6.07) is 14.9. The summed E-state index contributed by atoms with van der Waals surface area (Å²) in [5, 5.41) is 0.655. The van der Waals surface area contributed by atoms with Gasteiger partial charge in [-0.25, -0.2) is 0 Å². The van der Waals surface area contributed by atoms with Crippen LogP contribution in [0.1, 0.15) is 6.42 Å². The Hall–Kier alpha value is -2.18. The lowest BCUT2D eigenvalue weighted by Crippen LogP contribution is -2.39. The predicted octanol–water partition coefficient (Wildman–Crippen LogP) is 3.71. The second-order valence-corrected chi connectivity index (χ2v) is 7.62. The Bertz CT molecular complexity index is 813. The van der Waals surface area contributed by atoms with Crippen molar-refractivity contribution < 1.29 is 14.3 Å². The van der Waals surface area contributed by atoms with Gasteiger partial charge in [0.15, 0.2) is 0 Å². The van der Waals surface area contributed by atoms with E-state index >= 15 is 0 Å². The van der Waals surface area contributed by atoms with Gasteiger partial charge >= 0.3 is 0 Å². The molecule has 1 heterocycles. The monoisotopic (exact) mass is 404 g/mol. The molecule has 3 rings (SSSR count). The van der Waals surface area contributed by atoms with E-state index in [0.717, 1.165) is 10.6 Å². The highest BCUT2D eigenvalue weighted by atomic mass is 35.5. The maximum absolute atomic E-state index is 12.4. The minimum Gasteiger partial charge on any atom is -0.492 e. The third-order valence-corrected chi connectivity index (χ3v) is 5.59. The van der Waals surface area contributed by atoms with Gasteiger partial charge in [0.1, 0.15) is 12.4 Å². The molecule has 2 aromatic carbocycles. The number of thioether (sulfide) groups is 1. The number of hydrogen-bond acceptors (Lipinski definition) is 4. The largest absolute Gasteiger partial charge is 0.492 e. The molecular formula is C20H21ClN2O3S. The number of amides is 2. The first-order valence-corrected chi connectivity index (χ1v) is 10.1. The van der Waals surface area contributed by atoms with Gasteiger partial charge in [-0.15, -0.1) is 11.8 Å². The van der Waals surface area contributed by atoms with Crippen molar-refractivity contribution >= 4 is 40.9 Å². The van der Waals surface area contributed by atoms with Crippen LogP contribution in [0.5, 0.6) is 5.75 Å². The number of para-hydroxylation sites is 1. The lowest BCUT2D eigenvalue weighted by molar-refractivity contribution is -0.130. The molecule has 0 aromatic heterocycles. The number of fused-ring (bicyclic) bond motifs is 1. The van der Waals surface area contributed by atoms with Crippen LogP contribution in [0, 0.1) is 0 Å². The zero-order chi connectivity index (χ0) is 19.2. The second kappa shape index (κ2) is 9.15. The van der Waals surface area contributed by atoms with Gasteiger partial charge in [0, 0.05) is 29.9 Å². The molecule has 0 bridgehead atoms. The van der Waals surface area contributed by atoms with Crippen LogP contribution in [0.25, 0.3) is 0 Å². The molecule has 0 aliphatic carbocycles. The Morgan fingerprint density at radius 1 is 1.22 bits per heavy atom. The zero-order valence-corrected chi connectivity index (χ0v) is 16.6. The molecule has 0 radical (unpaired) electrons. The standard InChI is InChI=1S/C20H21ClN2O3S/c1-22(12-13-26-16-8-6-15(21)7-9-16)19(24)10-11-23-17-4-2-3-5-18(17)27-14-20(23)25/h2-9H,10-14H2,1H3. The van der Waals surface area contributed by atoms with Gasteiger partial charge in [-0.1, -0.05) is 23.7 Å². The molecule has 0 unspecified atom stereocenters. The summed E-state index contributed by atoms with van der Waals surface area (Å²) in [4.78, 5) is 29.1. The van der Waals surface area contributed by atoms with E-state index in [4.69, 9.17) is 16.3 Å². The van der Waals surface area contributed by atoms with E-state index in [1.54, 1.807) is 41.1 Å². The van der Waals surface area contributed by atoms with E-state index in [9.17, 15) is 9.59 Å². The first-order valence-electron chi connectivity index (χ1n) is 8.69. The maximum atomic E-state index is 12.4. The SMILES string of the molecule is CN(CCOc1ccc(Cl)cc1)C(=O)CCN1C(=O)CSc2ccccc21. The van der Waals surface area contributed by atoms with Crippen LogP contribution in [-0.2, 0) is 9.59 Å². The summed E-state index contributed by atoms with van der Waals surface area (Å²) in [5.41, 5.74) is 0.889. The molecule has 1 aliphatic heterocycles. The number of likely N-dealkylation sites (N-methyl/N-ethyl adjacent to an activating group) is 1. The number of carbonyl (C=O) groups is 2. The van der Waals surface area contributed by atoms with Gasteiger partial charge in [0.25, 0.3) is 0 Å². The molecule has 142 valence electrons. The topological polar surface area (TPSA) is 49.9 Å². The molecule has 1 aliphatic rings. The Balaban J connectivity index is 1.47. The van der Waals surface area contributed by atoms with Gasteiger partial charge < -0.3 is 14.5 Å². The minimum atomic E-state index is -0.0155. The predicted molar refractivity (Wildman–Crippen MR) is 109 cm³/mol. The Morgan fingerprint density at radius 3 is 2.74 bits per heavy atom. The molecular weight excluding hydrogens is 384 g/mol. The van der Waals surface area contributed by atoms with Crippen molar-refractivity contribution in [1.82, 2.24) is 4.90 Å². The number of benzene rings is 2. The fraction of sp³-hybridized carbons (Fsp3) is 0.300. The summed E-state index contributed by atoms with van der Waals surface area (Å²) in [6.07, 6.45) is 0.280. The third kappa shape index (κ3) is 5.17. The molecule has 27 heavy (non-hydrogen) atoms. The molecule has 2 amide bonds. The minimum absolute atomic E-state index is 0.0155. The zero-order valence-electron chi connectivity index (χ0n) is 15.1. The molecule has 2 aromatic rings. The van der Waals surface area contributed by atoms with Gasteiger partial charge in [-0.05, 0) is 36.4 Å². The van der Waals surface area contributed by atoms with E-state index in [-0.39, 0.29) is 18.2 Å². The van der Waals surface area contributed by atoms with E-state index in [1.807, 2.05) is 24.3 Å². The Labute approximate surface area is 168 Å². The van der Waals surface area contributed by atoms with Crippen LogP contribution in [0.4, 0.5) is 5.69 Å². The average Bonchev–Trinajstić information content (AvgIpc) is 2.68. The van der Waals surface area contributed by atoms with Crippen molar-refractivity contribution in [2.24, 2.45) is 0 Å². The van der Waals surface area contributed by atoms with Crippen LogP contribution in [0.3, 0.4) is 0 Å². The lowest BCUT2D eigenvalue weighted by atomic mass is 10.2. The first kappa shape index (κ1) is 19.6. The smallest absolute Gasteiger partial charge is 0.237 e. The molecule has 0 spiro atoms. The number of hydrogen-bond donors (Lipinski definition) is 0. The number of anilines is 1. The first-order chi connectivity index (χ1) is 13.0. The van der Waals surface area contributed by atoms with Crippen LogP contribution < -0.4 is 9.64 Å². The summed E-state index contributed by atoms with van der Waals surface area (Å²) in [6.45, 7) is 1.26. The summed E-state index contributed by atoms with van der Waals surface area (Å²) in [5.74, 6) is 1.15. The lowest BCUT2D eigenvalue weighted by Gasteiger charge is -2.29. The van der Waals surface area contributed by atoms with Crippen molar-refractivity contribution in [3.8, 4) is 5.75 Å². The van der Waals surface area contributed by atoms with Crippen molar-refractivity contribution in [3.63, 3.8) is 0 Å². The van der Waals surface area contributed by atoms with Gasteiger partial charge in [-0.3, -0.25) is 9.59 Å². The van der Waals surface area contributed by atoms with Crippen LogP contribution >= 0.6 is 23.4 Å². The average molecular weight is 405 g/mol. The van der Waals surface area contributed by atoms with Crippen LogP contribution in [0.15, 0.2) is 53.4 Å². The summed E-state index contributed by atoms with van der Waals surface area (Å²) < 4.78 is 5.62. The molecule has 0 fully saturated rings. The number of ether oxygens (including phenoxy) is 1. The number of halogens is 1. The Kier molecular flexibility index (Phi) is 6.63. The van der Waals surface area contributed by atoms with E-state index in [1.165, 1.54) is 11.8 Å². The van der Waals surface area contributed by atoms with E-state index in [2.05, 4.69) is 0 Å². The molecule has 0 saturated heterocycles. The Morgan fingerprint density at radius 2 is 1.96 bits per heavy atom. The normalized spacial score (nSPS) is 13.3. The van der Waals surface area contributed by atoms with Crippen LogP contribution in [0.2, 0.25) is 5.02 Å². The molecule has 7 heteroatoms. The highest BCUT2D eigenvalue weighted by molar-refractivity contribution is 8.00. The molecule has 0 saturated carbocycles. The van der Waals surface area contributed by atoms with E-state index < -0.39 is 0 Å². The number of carbonyl (C=O) groups excluding carboxylic acids is 2. The third-order valence-electron chi connectivity index (χ3n) is 4.29. The second-order valence-electron chi connectivity index (χ2n) is 6.17. The molecule has 0 N–H and O–H groups in total. The summed E-state index contributed by atoms with van der Waals surface area (Å²) in [7, 11) is 1.75. The molecule has 0 atom stereocenters. The number of nitrogens with zero attached hydrogens (tertiary/aromatic N) is 2. The fourth-order valence-electron chi connectivity index (χ4n) is 2.75. The molecule has 5 nitrogen and oxygen atoms in total. The highest BCUT2D eigenvalue weighted by Gasteiger charge is 2.25. The van der Waals surface area contributed by atoms with E-state index in [0.29, 0.717) is 36.2 Å². The maximum Gasteiger partial charge on any atom is 0.237 e.